The largest absolute Gasteiger partial charge is 0.451 e. The van der Waals surface area contributed by atoms with Crippen molar-refractivity contribution in [3.8, 4) is 0 Å². The first-order chi connectivity index (χ1) is 14.2. The predicted molar refractivity (Wildman–Crippen MR) is 116 cm³/mol. The van der Waals surface area contributed by atoms with Gasteiger partial charge in [-0.1, -0.05) is 18.2 Å². The summed E-state index contributed by atoms with van der Waals surface area (Å²) in [4.78, 5) is 13.2. The van der Waals surface area contributed by atoms with Crippen LogP contribution >= 0.6 is 0 Å². The number of nitrogens with zero attached hydrogens (tertiary/aromatic N) is 1. The molecule has 7 nitrogen and oxygen atoms in total. The molecule has 30 heavy (non-hydrogen) atoms. The van der Waals surface area contributed by atoms with E-state index >= 15 is 0 Å². The fourth-order valence-electron chi connectivity index (χ4n) is 3.12. The summed E-state index contributed by atoms with van der Waals surface area (Å²) in [6.45, 7) is 6.26. The Labute approximate surface area is 176 Å². The number of furan rings is 1. The van der Waals surface area contributed by atoms with E-state index in [1.54, 1.807) is 19.1 Å². The highest BCUT2D eigenvalue weighted by atomic mass is 32.2. The van der Waals surface area contributed by atoms with Crippen LogP contribution in [0.15, 0.2) is 45.7 Å². The number of anilines is 1. The number of hydrogen-bond acceptors (Lipinski definition) is 5. The van der Waals surface area contributed by atoms with Gasteiger partial charge in [0, 0.05) is 37.3 Å². The molecule has 3 aromatic rings. The molecule has 1 N–H and O–H groups in total. The minimum absolute atomic E-state index is 0.116. The fraction of sp³-hybridized carbons (Fsp3) is 0.318. The lowest BCUT2D eigenvalue weighted by Crippen LogP contribution is -2.23. The molecule has 0 aliphatic rings. The van der Waals surface area contributed by atoms with Gasteiger partial charge in [-0.15, -0.1) is 0 Å². The van der Waals surface area contributed by atoms with E-state index in [-0.39, 0.29) is 17.3 Å². The van der Waals surface area contributed by atoms with Crippen LogP contribution in [0.25, 0.3) is 11.0 Å². The van der Waals surface area contributed by atoms with E-state index in [1.165, 1.54) is 20.2 Å². The summed E-state index contributed by atoms with van der Waals surface area (Å²) in [6.07, 6.45) is 0. The first-order valence-corrected chi connectivity index (χ1v) is 11.0. The van der Waals surface area contributed by atoms with Crippen LogP contribution in [-0.4, -0.2) is 39.3 Å². The molecule has 0 spiro atoms. The molecule has 1 heterocycles. The summed E-state index contributed by atoms with van der Waals surface area (Å²) >= 11 is 0. The Balaban J connectivity index is 2.03. The maximum atomic E-state index is 13.1. The molecule has 160 valence electrons. The highest BCUT2D eigenvalue weighted by Gasteiger charge is 2.23. The van der Waals surface area contributed by atoms with Gasteiger partial charge in [0.25, 0.3) is 5.91 Å². The van der Waals surface area contributed by atoms with Crippen molar-refractivity contribution < 1.29 is 22.4 Å². The van der Waals surface area contributed by atoms with Crippen LogP contribution in [0.1, 0.15) is 34.2 Å². The zero-order valence-electron chi connectivity index (χ0n) is 17.8. The lowest BCUT2D eigenvalue weighted by atomic mass is 10.1. The van der Waals surface area contributed by atoms with E-state index < -0.39 is 15.9 Å². The van der Waals surface area contributed by atoms with Crippen LogP contribution in [-0.2, 0) is 21.4 Å². The fourth-order valence-corrected chi connectivity index (χ4v) is 4.14. The van der Waals surface area contributed by atoms with Crippen molar-refractivity contribution in [3.05, 3.63) is 58.8 Å². The van der Waals surface area contributed by atoms with Gasteiger partial charge in [-0.2, -0.15) is 0 Å². The second-order valence-corrected chi connectivity index (χ2v) is 9.35. The first-order valence-electron chi connectivity index (χ1n) is 9.60. The number of nitrogens with one attached hydrogen (secondary N) is 1. The Bertz CT molecular complexity index is 1200. The van der Waals surface area contributed by atoms with Gasteiger partial charge in [0.05, 0.1) is 11.5 Å². The van der Waals surface area contributed by atoms with Gasteiger partial charge in [0.1, 0.15) is 5.58 Å². The Kier molecular flexibility index (Phi) is 6.30. The second-order valence-electron chi connectivity index (χ2n) is 7.20. The molecule has 1 amide bonds. The molecule has 0 saturated heterocycles. The topological polar surface area (TPSA) is 88.8 Å². The molecular weight excluding hydrogens is 404 g/mol. The van der Waals surface area contributed by atoms with Gasteiger partial charge in [-0.25, -0.2) is 12.7 Å². The van der Waals surface area contributed by atoms with Gasteiger partial charge < -0.3 is 14.5 Å². The molecule has 0 unspecified atom stereocenters. The van der Waals surface area contributed by atoms with Crippen molar-refractivity contribution >= 4 is 32.6 Å². The number of rotatable bonds is 7. The van der Waals surface area contributed by atoms with Crippen LogP contribution in [0, 0.1) is 13.8 Å². The number of carbonyl (C=O) groups excluding carboxylic acids is 1. The summed E-state index contributed by atoms with van der Waals surface area (Å²) in [6, 6.07) is 10.5. The number of carbonyl (C=O) groups is 1. The summed E-state index contributed by atoms with van der Waals surface area (Å²) in [7, 11) is -0.702. The summed E-state index contributed by atoms with van der Waals surface area (Å²) in [5.41, 5.74) is 3.21. The number of hydrogen-bond donors (Lipinski definition) is 1. The number of amides is 1. The van der Waals surface area contributed by atoms with E-state index in [9.17, 15) is 13.2 Å². The van der Waals surface area contributed by atoms with Gasteiger partial charge in [-0.3, -0.25) is 4.79 Å². The molecule has 0 aliphatic carbocycles. The van der Waals surface area contributed by atoms with E-state index in [0.29, 0.717) is 23.4 Å². The Morgan fingerprint density at radius 1 is 1.17 bits per heavy atom. The molecule has 8 heteroatoms. The lowest BCUT2D eigenvalue weighted by Gasteiger charge is -2.16. The second kappa shape index (κ2) is 8.59. The third-order valence-corrected chi connectivity index (χ3v) is 6.82. The first kappa shape index (κ1) is 22.0. The molecule has 0 saturated carbocycles. The third kappa shape index (κ3) is 4.12. The summed E-state index contributed by atoms with van der Waals surface area (Å²) in [5, 5.41) is 3.64. The van der Waals surface area contributed by atoms with Gasteiger partial charge >= 0.3 is 0 Å². The molecule has 0 fully saturated rings. The molecule has 2 aromatic carbocycles. The van der Waals surface area contributed by atoms with Crippen molar-refractivity contribution in [1.29, 1.82) is 0 Å². The van der Waals surface area contributed by atoms with Crippen molar-refractivity contribution in [1.82, 2.24) is 4.31 Å². The maximum absolute atomic E-state index is 13.1. The molecule has 0 radical (unpaired) electrons. The smallest absolute Gasteiger partial charge is 0.291 e. The van der Waals surface area contributed by atoms with Gasteiger partial charge in [0.15, 0.2) is 5.76 Å². The van der Waals surface area contributed by atoms with Crippen molar-refractivity contribution in [2.24, 2.45) is 0 Å². The zero-order chi connectivity index (χ0) is 22.1. The number of aryl methyl sites for hydroxylation is 1. The van der Waals surface area contributed by atoms with Crippen molar-refractivity contribution in [2.45, 2.75) is 32.3 Å². The Morgan fingerprint density at radius 2 is 1.87 bits per heavy atom. The van der Waals surface area contributed by atoms with Crippen LogP contribution in [0.2, 0.25) is 0 Å². The minimum atomic E-state index is -3.64. The van der Waals surface area contributed by atoms with E-state index in [1.807, 2.05) is 32.0 Å². The SMILES string of the molecule is CCOCc1c(C(=O)Nc2cc(S(=O)(=O)N(C)C)cc(C)c2C)oc2ccccc12. The quantitative estimate of drug-likeness (QED) is 0.610. The molecule has 0 bridgehead atoms. The third-order valence-electron chi connectivity index (χ3n) is 5.02. The van der Waals surface area contributed by atoms with Gasteiger partial charge in [0.2, 0.25) is 10.0 Å². The number of sulfonamides is 1. The zero-order valence-corrected chi connectivity index (χ0v) is 18.6. The predicted octanol–water partition coefficient (Wildman–Crippen LogP) is 4.09. The van der Waals surface area contributed by atoms with Crippen LogP contribution in [0.4, 0.5) is 5.69 Å². The molecule has 3 rings (SSSR count). The molecule has 0 aliphatic heterocycles. The van der Waals surface area contributed by atoms with Gasteiger partial charge in [-0.05, 0) is 50.1 Å². The number of benzene rings is 2. The molecule has 0 atom stereocenters. The maximum Gasteiger partial charge on any atom is 0.291 e. The lowest BCUT2D eigenvalue weighted by molar-refractivity contribution is 0.0984. The van der Waals surface area contributed by atoms with Crippen molar-refractivity contribution in [3.63, 3.8) is 0 Å². The van der Waals surface area contributed by atoms with Crippen LogP contribution in [0.5, 0.6) is 0 Å². The highest BCUT2D eigenvalue weighted by Crippen LogP contribution is 2.29. The van der Waals surface area contributed by atoms with Crippen LogP contribution < -0.4 is 5.32 Å². The van der Waals surface area contributed by atoms with E-state index in [2.05, 4.69) is 5.32 Å². The van der Waals surface area contributed by atoms with Crippen LogP contribution in [0.3, 0.4) is 0 Å². The monoisotopic (exact) mass is 430 g/mol. The highest BCUT2D eigenvalue weighted by molar-refractivity contribution is 7.89. The number of ether oxygens (including phenoxy) is 1. The summed E-state index contributed by atoms with van der Waals surface area (Å²) < 4.78 is 37.6. The Hall–Kier alpha value is -2.68. The summed E-state index contributed by atoms with van der Waals surface area (Å²) in [5.74, 6) is -0.301. The molecular formula is C22H26N2O5S. The normalized spacial score (nSPS) is 11.9. The average Bonchev–Trinajstić information content (AvgIpc) is 3.08. The number of para-hydroxylation sites is 1. The van der Waals surface area contributed by atoms with Crippen molar-refractivity contribution in [2.75, 3.05) is 26.0 Å². The Morgan fingerprint density at radius 3 is 2.53 bits per heavy atom. The minimum Gasteiger partial charge on any atom is -0.451 e. The molecule has 1 aromatic heterocycles. The van der Waals surface area contributed by atoms with E-state index in [4.69, 9.17) is 9.15 Å². The number of fused-ring (bicyclic) bond motifs is 1. The van der Waals surface area contributed by atoms with E-state index in [0.717, 1.165) is 20.8 Å². The standard InChI is InChI=1S/C22H26N2O5S/c1-6-28-13-18-17-9-7-8-10-20(17)29-21(18)22(25)23-19-12-16(11-14(2)15(19)3)30(26,27)24(4)5/h7-12H,6,13H2,1-5H3,(H,23,25). The average molecular weight is 431 g/mol.